The molecule has 0 spiro atoms. The third kappa shape index (κ3) is 4.92. The topological polar surface area (TPSA) is 58.8 Å². The number of hydrogen-bond donors (Lipinski definition) is 1. The molecule has 5 heteroatoms. The van der Waals surface area contributed by atoms with Gasteiger partial charge in [-0.15, -0.1) is 0 Å². The molecule has 1 aromatic carbocycles. The Kier molecular flexibility index (Phi) is 5.52. The number of nitrogens with two attached hydrogens (primary N) is 1. The normalized spacial score (nSPS) is 20.2. The van der Waals surface area contributed by atoms with Gasteiger partial charge in [-0.2, -0.15) is 0 Å². The van der Waals surface area contributed by atoms with Gasteiger partial charge in [0.05, 0.1) is 19.3 Å². The number of rotatable bonds is 6. The standard InChI is InChI=1S/C15H23N3O2/c1-17(12-15(16)19)10-14-11-18(7-8-20-14)9-13-5-3-2-4-6-13/h2-6,14H,7-12H2,1H3,(H2,16,19)/t14-/m1/s1. The number of carbonyl (C=O) groups excluding carboxylic acids is 1. The van der Waals surface area contributed by atoms with E-state index in [1.54, 1.807) is 0 Å². The van der Waals surface area contributed by atoms with Crippen LogP contribution in [0.4, 0.5) is 0 Å². The molecule has 0 saturated carbocycles. The van der Waals surface area contributed by atoms with Crippen molar-refractivity contribution in [3.8, 4) is 0 Å². The molecule has 110 valence electrons. The third-order valence-electron chi connectivity index (χ3n) is 3.41. The van der Waals surface area contributed by atoms with Crippen LogP contribution in [0.5, 0.6) is 0 Å². The van der Waals surface area contributed by atoms with Gasteiger partial charge < -0.3 is 10.5 Å². The minimum Gasteiger partial charge on any atom is -0.374 e. The Hall–Kier alpha value is -1.43. The van der Waals surface area contributed by atoms with E-state index in [1.807, 2.05) is 18.0 Å². The molecule has 20 heavy (non-hydrogen) atoms. The van der Waals surface area contributed by atoms with E-state index in [-0.39, 0.29) is 18.6 Å². The fourth-order valence-electron chi connectivity index (χ4n) is 2.55. The zero-order valence-electron chi connectivity index (χ0n) is 12.0. The number of hydrogen-bond acceptors (Lipinski definition) is 4. The molecule has 1 aliphatic heterocycles. The molecule has 0 unspecified atom stereocenters. The fraction of sp³-hybridized carbons (Fsp3) is 0.533. The molecular weight excluding hydrogens is 254 g/mol. The Labute approximate surface area is 120 Å². The van der Waals surface area contributed by atoms with Crippen LogP contribution in [-0.4, -0.2) is 61.6 Å². The van der Waals surface area contributed by atoms with Crippen molar-refractivity contribution in [1.29, 1.82) is 0 Å². The number of morpholine rings is 1. The molecule has 1 saturated heterocycles. The van der Waals surface area contributed by atoms with Gasteiger partial charge in [-0.05, 0) is 12.6 Å². The number of carbonyl (C=O) groups is 1. The first-order valence-corrected chi connectivity index (χ1v) is 6.98. The van der Waals surface area contributed by atoms with Crippen molar-refractivity contribution in [3.63, 3.8) is 0 Å². The summed E-state index contributed by atoms with van der Waals surface area (Å²) in [6.07, 6.45) is 0.136. The van der Waals surface area contributed by atoms with Crippen LogP contribution in [-0.2, 0) is 16.1 Å². The van der Waals surface area contributed by atoms with Crippen molar-refractivity contribution in [3.05, 3.63) is 35.9 Å². The van der Waals surface area contributed by atoms with E-state index >= 15 is 0 Å². The van der Waals surface area contributed by atoms with Gasteiger partial charge in [-0.3, -0.25) is 14.6 Å². The lowest BCUT2D eigenvalue weighted by Crippen LogP contribution is -2.47. The number of nitrogens with zero attached hydrogens (tertiary/aromatic N) is 2. The van der Waals surface area contributed by atoms with Crippen molar-refractivity contribution >= 4 is 5.91 Å². The number of benzene rings is 1. The molecular formula is C15H23N3O2. The van der Waals surface area contributed by atoms with Crippen molar-refractivity contribution in [2.45, 2.75) is 12.6 Å². The van der Waals surface area contributed by atoms with E-state index in [4.69, 9.17) is 10.5 Å². The minimum absolute atomic E-state index is 0.136. The van der Waals surface area contributed by atoms with Crippen molar-refractivity contribution in [2.75, 3.05) is 39.8 Å². The summed E-state index contributed by atoms with van der Waals surface area (Å²) in [6, 6.07) is 10.4. The highest BCUT2D eigenvalue weighted by Gasteiger charge is 2.22. The van der Waals surface area contributed by atoms with Gasteiger partial charge in [-0.25, -0.2) is 0 Å². The monoisotopic (exact) mass is 277 g/mol. The van der Waals surface area contributed by atoms with Crippen LogP contribution in [0.2, 0.25) is 0 Å². The predicted octanol–water partition coefficient (Wildman–Crippen LogP) is 0.305. The van der Waals surface area contributed by atoms with Gasteiger partial charge >= 0.3 is 0 Å². The predicted molar refractivity (Wildman–Crippen MR) is 78.2 cm³/mol. The summed E-state index contributed by atoms with van der Waals surface area (Å²) < 4.78 is 5.76. The zero-order chi connectivity index (χ0) is 14.4. The maximum absolute atomic E-state index is 10.9. The first kappa shape index (κ1) is 15.0. The summed E-state index contributed by atoms with van der Waals surface area (Å²) in [5.41, 5.74) is 6.51. The van der Waals surface area contributed by atoms with Gasteiger partial charge in [0.15, 0.2) is 0 Å². The minimum atomic E-state index is -0.301. The summed E-state index contributed by atoms with van der Waals surface area (Å²) in [6.45, 7) is 4.53. The lowest BCUT2D eigenvalue weighted by molar-refractivity contribution is -0.119. The van der Waals surface area contributed by atoms with Crippen LogP contribution >= 0.6 is 0 Å². The zero-order valence-corrected chi connectivity index (χ0v) is 12.0. The molecule has 1 aromatic rings. The third-order valence-corrected chi connectivity index (χ3v) is 3.41. The number of primary amides is 1. The summed E-state index contributed by atoms with van der Waals surface area (Å²) in [5.74, 6) is -0.301. The van der Waals surface area contributed by atoms with Gasteiger partial charge in [0.2, 0.25) is 5.91 Å². The second-order valence-corrected chi connectivity index (χ2v) is 5.38. The Balaban J connectivity index is 1.81. The van der Waals surface area contributed by atoms with Crippen LogP contribution in [0.15, 0.2) is 30.3 Å². The lowest BCUT2D eigenvalue weighted by Gasteiger charge is -2.34. The molecule has 1 heterocycles. The Morgan fingerprint density at radius 1 is 1.45 bits per heavy atom. The van der Waals surface area contributed by atoms with Crippen LogP contribution in [0.25, 0.3) is 0 Å². The molecule has 0 aliphatic carbocycles. The number of likely N-dealkylation sites (N-methyl/N-ethyl adjacent to an activating group) is 1. The van der Waals surface area contributed by atoms with Crippen LogP contribution in [0.3, 0.4) is 0 Å². The summed E-state index contributed by atoms with van der Waals surface area (Å²) in [4.78, 5) is 15.2. The van der Waals surface area contributed by atoms with Crippen molar-refractivity contribution in [1.82, 2.24) is 9.80 Å². The quantitative estimate of drug-likeness (QED) is 0.813. The Bertz CT molecular complexity index is 424. The highest BCUT2D eigenvalue weighted by atomic mass is 16.5. The van der Waals surface area contributed by atoms with E-state index in [9.17, 15) is 4.79 Å². The summed E-state index contributed by atoms with van der Waals surface area (Å²) in [5, 5.41) is 0. The molecule has 2 rings (SSSR count). The van der Waals surface area contributed by atoms with E-state index in [0.717, 1.165) is 32.8 Å². The van der Waals surface area contributed by atoms with Gasteiger partial charge in [0.1, 0.15) is 0 Å². The maximum Gasteiger partial charge on any atom is 0.231 e. The maximum atomic E-state index is 10.9. The van der Waals surface area contributed by atoms with Crippen molar-refractivity contribution in [2.24, 2.45) is 5.73 Å². The molecule has 5 nitrogen and oxygen atoms in total. The molecule has 0 radical (unpaired) electrons. The molecule has 0 aromatic heterocycles. The largest absolute Gasteiger partial charge is 0.374 e. The average molecular weight is 277 g/mol. The molecule has 1 fully saturated rings. The second-order valence-electron chi connectivity index (χ2n) is 5.38. The van der Waals surface area contributed by atoms with E-state index in [2.05, 4.69) is 29.2 Å². The molecule has 2 N–H and O–H groups in total. The molecule has 0 bridgehead atoms. The SMILES string of the molecule is CN(CC(N)=O)C[C@@H]1CN(Cc2ccccc2)CCO1. The fourth-order valence-corrected chi connectivity index (χ4v) is 2.55. The average Bonchev–Trinajstić information content (AvgIpc) is 2.39. The first-order chi connectivity index (χ1) is 9.63. The molecule has 1 amide bonds. The highest BCUT2D eigenvalue weighted by Crippen LogP contribution is 2.11. The second kappa shape index (κ2) is 7.38. The molecule has 1 atom stereocenters. The number of ether oxygens (including phenoxy) is 1. The van der Waals surface area contributed by atoms with E-state index in [1.165, 1.54) is 5.56 Å². The molecule has 1 aliphatic rings. The Morgan fingerprint density at radius 2 is 2.20 bits per heavy atom. The summed E-state index contributed by atoms with van der Waals surface area (Å²) in [7, 11) is 1.89. The van der Waals surface area contributed by atoms with Crippen LogP contribution < -0.4 is 5.73 Å². The smallest absolute Gasteiger partial charge is 0.231 e. The van der Waals surface area contributed by atoms with Crippen LogP contribution in [0.1, 0.15) is 5.56 Å². The van der Waals surface area contributed by atoms with Gasteiger partial charge in [-0.1, -0.05) is 30.3 Å². The van der Waals surface area contributed by atoms with E-state index < -0.39 is 0 Å². The van der Waals surface area contributed by atoms with Gasteiger partial charge in [0.25, 0.3) is 0 Å². The lowest BCUT2D eigenvalue weighted by atomic mass is 10.2. The highest BCUT2D eigenvalue weighted by molar-refractivity contribution is 5.75. The Morgan fingerprint density at radius 3 is 2.90 bits per heavy atom. The van der Waals surface area contributed by atoms with Crippen LogP contribution in [0, 0.1) is 0 Å². The van der Waals surface area contributed by atoms with E-state index in [0.29, 0.717) is 0 Å². The van der Waals surface area contributed by atoms with Gasteiger partial charge in [0, 0.05) is 26.2 Å². The summed E-state index contributed by atoms with van der Waals surface area (Å²) >= 11 is 0. The van der Waals surface area contributed by atoms with Crippen molar-refractivity contribution < 1.29 is 9.53 Å². The first-order valence-electron chi connectivity index (χ1n) is 6.98. The number of amides is 1.